The van der Waals surface area contributed by atoms with Crippen LogP contribution >= 0.6 is 0 Å². The Labute approximate surface area is 150 Å². The number of methoxy groups -OCH3 is 1. The normalized spacial score (nSPS) is 39.2. The van der Waals surface area contributed by atoms with Gasteiger partial charge in [-0.25, -0.2) is 0 Å². The van der Waals surface area contributed by atoms with Crippen LogP contribution in [-0.2, 0) is 9.53 Å². The van der Waals surface area contributed by atoms with Crippen LogP contribution in [0.25, 0.3) is 0 Å². The summed E-state index contributed by atoms with van der Waals surface area (Å²) in [5.74, 6) is 4.32. The van der Waals surface area contributed by atoms with E-state index in [0.29, 0.717) is 19.3 Å². The highest BCUT2D eigenvalue weighted by Gasteiger charge is 2.57. The molecule has 136 valence electrons. The maximum atomic E-state index is 12.4. The van der Waals surface area contributed by atoms with Gasteiger partial charge in [-0.15, -0.1) is 12.3 Å². The summed E-state index contributed by atoms with van der Waals surface area (Å²) >= 11 is 0. The molecule has 0 spiro atoms. The van der Waals surface area contributed by atoms with Crippen molar-refractivity contribution in [3.8, 4) is 12.3 Å². The van der Waals surface area contributed by atoms with Crippen LogP contribution in [0, 0.1) is 29.6 Å². The molecule has 5 aliphatic rings. The molecule has 5 heteroatoms. The fourth-order valence-corrected chi connectivity index (χ4v) is 6.17. The van der Waals surface area contributed by atoms with Crippen LogP contribution in [0.4, 0.5) is 0 Å². The van der Waals surface area contributed by atoms with Crippen molar-refractivity contribution in [3.05, 3.63) is 0 Å². The van der Waals surface area contributed by atoms with E-state index in [1.165, 1.54) is 32.1 Å². The predicted octanol–water partition coefficient (Wildman–Crippen LogP) is 3.44. The SMILES string of the molecule is C#CCCC1(CCC(=O)NCC23CC4CC(C2)CC(OC)(C4)C3)N=N1. The van der Waals surface area contributed by atoms with Gasteiger partial charge in [0.1, 0.15) is 0 Å². The van der Waals surface area contributed by atoms with Gasteiger partial charge in [-0.1, -0.05) is 0 Å². The van der Waals surface area contributed by atoms with Gasteiger partial charge in [0.05, 0.1) is 5.60 Å². The van der Waals surface area contributed by atoms with Crippen LogP contribution in [0.1, 0.15) is 64.2 Å². The molecule has 0 saturated heterocycles. The van der Waals surface area contributed by atoms with Gasteiger partial charge in [-0.05, 0) is 55.8 Å². The summed E-state index contributed by atoms with van der Waals surface area (Å²) in [6.07, 6.45) is 15.3. The van der Waals surface area contributed by atoms with Crippen LogP contribution < -0.4 is 5.32 Å². The van der Waals surface area contributed by atoms with E-state index in [-0.39, 0.29) is 22.6 Å². The Kier molecular flexibility index (Phi) is 4.15. The molecule has 1 amide bonds. The molecule has 5 nitrogen and oxygen atoms in total. The number of rotatable bonds is 8. The van der Waals surface area contributed by atoms with E-state index in [4.69, 9.17) is 11.2 Å². The number of hydrogen-bond acceptors (Lipinski definition) is 4. The van der Waals surface area contributed by atoms with Crippen LogP contribution in [0.3, 0.4) is 0 Å². The number of carbonyl (C=O) groups is 1. The van der Waals surface area contributed by atoms with Crippen LogP contribution in [0.5, 0.6) is 0 Å². The number of carbonyl (C=O) groups excluding carboxylic acids is 1. The first-order chi connectivity index (χ1) is 12.0. The zero-order valence-corrected chi connectivity index (χ0v) is 15.2. The van der Waals surface area contributed by atoms with E-state index in [1.54, 1.807) is 0 Å². The average Bonchev–Trinajstić information content (AvgIpc) is 3.36. The molecule has 2 atom stereocenters. The third-order valence-electron chi connectivity index (χ3n) is 7.03. The monoisotopic (exact) mass is 343 g/mol. The molecule has 4 aliphatic carbocycles. The summed E-state index contributed by atoms with van der Waals surface area (Å²) in [6.45, 7) is 0.801. The van der Waals surface area contributed by atoms with E-state index in [1.807, 2.05) is 7.11 Å². The number of ether oxygens (including phenoxy) is 1. The van der Waals surface area contributed by atoms with Crippen LogP contribution in [-0.4, -0.2) is 30.8 Å². The summed E-state index contributed by atoms with van der Waals surface area (Å²) in [7, 11) is 1.87. The fourth-order valence-electron chi connectivity index (χ4n) is 6.17. The van der Waals surface area contributed by atoms with Gasteiger partial charge in [0.15, 0.2) is 5.66 Å². The Hall–Kier alpha value is -1.41. The lowest BCUT2D eigenvalue weighted by molar-refractivity contribution is -0.179. The molecule has 0 aromatic rings. The zero-order valence-electron chi connectivity index (χ0n) is 15.2. The van der Waals surface area contributed by atoms with Crippen LogP contribution in [0.15, 0.2) is 10.2 Å². The van der Waals surface area contributed by atoms with Gasteiger partial charge in [0.2, 0.25) is 5.91 Å². The van der Waals surface area contributed by atoms with Crippen molar-refractivity contribution in [2.45, 2.75) is 75.5 Å². The minimum absolute atomic E-state index is 0.0832. The summed E-state index contributed by atoms with van der Waals surface area (Å²) in [5.41, 5.74) is -0.0182. The number of amides is 1. The highest BCUT2D eigenvalue weighted by Crippen LogP contribution is 2.62. The largest absolute Gasteiger partial charge is 0.378 e. The van der Waals surface area contributed by atoms with Crippen molar-refractivity contribution in [3.63, 3.8) is 0 Å². The first-order valence-corrected chi connectivity index (χ1v) is 9.69. The Bertz CT molecular complexity index is 601. The smallest absolute Gasteiger partial charge is 0.220 e. The third kappa shape index (κ3) is 3.33. The molecule has 4 fully saturated rings. The first-order valence-electron chi connectivity index (χ1n) is 9.69. The second-order valence-corrected chi connectivity index (χ2v) is 9.01. The van der Waals surface area contributed by atoms with Crippen molar-refractivity contribution in [2.24, 2.45) is 27.5 Å². The van der Waals surface area contributed by atoms with Crippen LogP contribution in [0.2, 0.25) is 0 Å². The van der Waals surface area contributed by atoms with Gasteiger partial charge < -0.3 is 10.1 Å². The molecular formula is C20H29N3O2. The second-order valence-electron chi connectivity index (χ2n) is 9.01. The van der Waals surface area contributed by atoms with Crippen molar-refractivity contribution in [1.82, 2.24) is 5.32 Å². The number of terminal acetylenes is 1. The number of hydrogen-bond donors (Lipinski definition) is 1. The average molecular weight is 343 g/mol. The highest BCUT2D eigenvalue weighted by molar-refractivity contribution is 5.76. The zero-order chi connectivity index (χ0) is 17.5. The molecule has 25 heavy (non-hydrogen) atoms. The standard InChI is InChI=1S/C20H29N3O2/c1-3-4-6-20(22-23-20)7-5-17(24)21-14-18-9-15-8-16(10-18)12-19(11-15,13-18)25-2/h1,15-16H,4-14H2,2H3,(H,21,24). The molecule has 1 N–H and O–H groups in total. The predicted molar refractivity (Wildman–Crippen MR) is 94.8 cm³/mol. The van der Waals surface area contributed by atoms with E-state index >= 15 is 0 Å². The third-order valence-corrected chi connectivity index (χ3v) is 7.03. The number of nitrogens with one attached hydrogen (secondary N) is 1. The molecule has 0 aromatic heterocycles. The molecule has 2 unspecified atom stereocenters. The lowest BCUT2D eigenvalue weighted by Gasteiger charge is -2.61. The molecule has 0 aromatic carbocycles. The maximum Gasteiger partial charge on any atom is 0.220 e. The number of nitrogens with zero attached hydrogens (tertiary/aromatic N) is 2. The topological polar surface area (TPSA) is 63.0 Å². The van der Waals surface area contributed by atoms with E-state index in [2.05, 4.69) is 21.5 Å². The van der Waals surface area contributed by atoms with Crippen molar-refractivity contribution in [1.29, 1.82) is 0 Å². The summed E-state index contributed by atoms with van der Waals surface area (Å²) in [6, 6.07) is 0. The molecule has 1 heterocycles. The van der Waals surface area contributed by atoms with Gasteiger partial charge in [0, 0.05) is 39.3 Å². The fraction of sp³-hybridized carbons (Fsp3) is 0.850. The van der Waals surface area contributed by atoms with Gasteiger partial charge >= 0.3 is 0 Å². The summed E-state index contributed by atoms with van der Waals surface area (Å²) in [4.78, 5) is 12.4. The first kappa shape index (κ1) is 17.0. The van der Waals surface area contributed by atoms with E-state index in [9.17, 15) is 4.79 Å². The molecule has 5 rings (SSSR count). The second kappa shape index (κ2) is 6.09. The molecule has 0 radical (unpaired) electrons. The molecule has 1 aliphatic heterocycles. The highest BCUT2D eigenvalue weighted by atomic mass is 16.5. The Morgan fingerprint density at radius 3 is 2.56 bits per heavy atom. The molecule has 4 saturated carbocycles. The van der Waals surface area contributed by atoms with Crippen molar-refractivity contribution < 1.29 is 9.53 Å². The minimum atomic E-state index is -0.357. The van der Waals surface area contributed by atoms with E-state index in [0.717, 1.165) is 31.2 Å². The Morgan fingerprint density at radius 2 is 1.96 bits per heavy atom. The van der Waals surface area contributed by atoms with Crippen molar-refractivity contribution in [2.75, 3.05) is 13.7 Å². The quantitative estimate of drug-likeness (QED) is 0.686. The lowest BCUT2D eigenvalue weighted by Crippen LogP contribution is -2.59. The van der Waals surface area contributed by atoms with E-state index < -0.39 is 0 Å². The van der Waals surface area contributed by atoms with Crippen molar-refractivity contribution >= 4 is 5.91 Å². The molecular weight excluding hydrogens is 314 g/mol. The summed E-state index contributed by atoms with van der Waals surface area (Å²) in [5, 5.41) is 11.4. The molecule has 4 bridgehead atoms. The lowest BCUT2D eigenvalue weighted by atomic mass is 9.48. The minimum Gasteiger partial charge on any atom is -0.378 e. The van der Waals surface area contributed by atoms with Gasteiger partial charge in [-0.2, -0.15) is 10.2 Å². The Balaban J connectivity index is 1.28. The maximum absolute atomic E-state index is 12.4. The van der Waals surface area contributed by atoms with Gasteiger partial charge in [-0.3, -0.25) is 4.79 Å². The van der Waals surface area contributed by atoms with Gasteiger partial charge in [0.25, 0.3) is 0 Å². The summed E-state index contributed by atoms with van der Waals surface area (Å²) < 4.78 is 5.97. The Morgan fingerprint density at radius 1 is 1.24 bits per heavy atom.